The summed E-state index contributed by atoms with van der Waals surface area (Å²) >= 11 is 4.67. The molecule has 11 heteroatoms. The van der Waals surface area contributed by atoms with Crippen molar-refractivity contribution in [1.82, 2.24) is 0 Å². The fraction of sp³-hybridized carbons (Fsp3) is 1.00. The van der Waals surface area contributed by atoms with E-state index in [4.69, 9.17) is 26.6 Å². The molecule has 0 saturated carbocycles. The molecule has 6 nitrogen and oxygen atoms in total. The lowest BCUT2D eigenvalue weighted by atomic mass is 10.4. The van der Waals surface area contributed by atoms with E-state index in [1.54, 1.807) is 0 Å². The van der Waals surface area contributed by atoms with Crippen LogP contribution in [-0.2, 0) is 26.6 Å². The Morgan fingerprint density at radius 1 is 0.349 bits per heavy atom. The van der Waals surface area contributed by atoms with Gasteiger partial charge in [0.1, 0.15) is 0 Å². The molecule has 0 amide bonds. The predicted molar refractivity (Wildman–Crippen MR) is 198 cm³/mol. The van der Waals surface area contributed by atoms with E-state index in [1.165, 1.54) is 49.3 Å². The average molecular weight is 701 g/mol. The van der Waals surface area contributed by atoms with Crippen LogP contribution in [0.3, 0.4) is 0 Å². The van der Waals surface area contributed by atoms with E-state index in [0.29, 0.717) is 0 Å². The monoisotopic (exact) mass is 700 g/mol. The van der Waals surface area contributed by atoms with Gasteiger partial charge in [-0.25, -0.2) is 0 Å². The SMILES string of the molecule is CCCC[Si](CCCC)(SCCC[Si](OCCC)(OCCC)OCCC)SCCC[Si](OCCC)(OCCC)OCCC. The summed E-state index contributed by atoms with van der Waals surface area (Å²) in [5, 5.41) is 0. The Kier molecular flexibility index (Phi) is 30.0. The van der Waals surface area contributed by atoms with Crippen molar-refractivity contribution in [3.8, 4) is 0 Å². The Morgan fingerprint density at radius 3 is 0.860 bits per heavy atom. The molecule has 0 aliphatic rings. The van der Waals surface area contributed by atoms with Gasteiger partial charge in [0.05, 0.1) is 0 Å². The fourth-order valence-electron chi connectivity index (χ4n) is 4.67. The van der Waals surface area contributed by atoms with Crippen LogP contribution in [0.15, 0.2) is 0 Å². The Hall–Kier alpha value is 1.11. The van der Waals surface area contributed by atoms with Crippen LogP contribution in [0.25, 0.3) is 0 Å². The lowest BCUT2D eigenvalue weighted by Gasteiger charge is -2.33. The molecule has 0 rings (SSSR count). The predicted octanol–water partition coefficient (Wildman–Crippen LogP) is 10.7. The van der Waals surface area contributed by atoms with Crippen LogP contribution in [0.1, 0.15) is 132 Å². The van der Waals surface area contributed by atoms with Gasteiger partial charge in [0, 0.05) is 51.7 Å². The van der Waals surface area contributed by atoms with Gasteiger partial charge in [0.15, 0.2) is 6.37 Å². The molecule has 260 valence electrons. The minimum Gasteiger partial charge on any atom is -0.373 e. The van der Waals surface area contributed by atoms with Crippen molar-refractivity contribution in [2.24, 2.45) is 0 Å². The molecule has 43 heavy (non-hydrogen) atoms. The van der Waals surface area contributed by atoms with Crippen LogP contribution in [0.5, 0.6) is 0 Å². The zero-order valence-electron chi connectivity index (χ0n) is 29.7. The van der Waals surface area contributed by atoms with E-state index >= 15 is 0 Å². The summed E-state index contributed by atoms with van der Waals surface area (Å²) in [7, 11) is -5.27. The van der Waals surface area contributed by atoms with Crippen molar-refractivity contribution in [2.75, 3.05) is 51.1 Å². The van der Waals surface area contributed by atoms with E-state index in [2.05, 4.69) is 77.8 Å². The highest BCUT2D eigenvalue weighted by Crippen LogP contribution is 2.43. The molecule has 0 aromatic carbocycles. The van der Waals surface area contributed by atoms with E-state index in [9.17, 15) is 0 Å². The molecule has 0 spiro atoms. The van der Waals surface area contributed by atoms with Crippen LogP contribution >= 0.6 is 22.4 Å². The first-order valence-electron chi connectivity index (χ1n) is 18.0. The third-order valence-corrected chi connectivity index (χ3v) is 26.0. The summed E-state index contributed by atoms with van der Waals surface area (Å²) in [5.74, 6) is 2.36. The van der Waals surface area contributed by atoms with Gasteiger partial charge in [0.2, 0.25) is 0 Å². The summed E-state index contributed by atoms with van der Waals surface area (Å²) < 4.78 is 38.4. The fourth-order valence-corrected chi connectivity index (χ4v) is 23.9. The van der Waals surface area contributed by atoms with Gasteiger partial charge in [0.25, 0.3) is 0 Å². The minimum atomic E-state index is -2.63. The molecule has 0 aliphatic carbocycles. The van der Waals surface area contributed by atoms with Gasteiger partial charge in [-0.05, 0) is 75.0 Å². The molecule has 0 heterocycles. The first-order chi connectivity index (χ1) is 20.9. The van der Waals surface area contributed by atoms with Gasteiger partial charge in [-0.2, -0.15) is 22.4 Å². The summed E-state index contributed by atoms with van der Waals surface area (Å²) in [5.41, 5.74) is 0. The average Bonchev–Trinajstić information content (AvgIpc) is 3.03. The summed E-state index contributed by atoms with van der Waals surface area (Å²) in [6.45, 7) is 22.1. The summed E-state index contributed by atoms with van der Waals surface area (Å²) in [4.78, 5) is 0. The Balaban J connectivity index is 5.54. The van der Waals surface area contributed by atoms with Crippen molar-refractivity contribution in [1.29, 1.82) is 0 Å². The molecule has 0 saturated heterocycles. The van der Waals surface area contributed by atoms with E-state index in [0.717, 1.165) is 103 Å². The smallest absolute Gasteiger partial charge is 0.373 e. The summed E-state index contributed by atoms with van der Waals surface area (Å²) in [6, 6.07) is 4.67. The maximum atomic E-state index is 6.40. The van der Waals surface area contributed by atoms with Crippen LogP contribution in [-0.4, -0.2) is 75.1 Å². The molecule has 0 N–H and O–H groups in total. The highest BCUT2D eigenvalue weighted by molar-refractivity contribution is 8.58. The molecule has 0 aliphatic heterocycles. The first kappa shape index (κ1) is 44.1. The zero-order chi connectivity index (χ0) is 32.1. The van der Waals surface area contributed by atoms with Crippen molar-refractivity contribution >= 4 is 46.4 Å². The minimum absolute atomic E-state index is 0.727. The van der Waals surface area contributed by atoms with E-state index < -0.39 is 24.0 Å². The van der Waals surface area contributed by atoms with Crippen molar-refractivity contribution < 1.29 is 26.6 Å². The number of unbranched alkanes of at least 4 members (excludes halogenated alkanes) is 2. The quantitative estimate of drug-likeness (QED) is 0.0486. The topological polar surface area (TPSA) is 55.4 Å². The van der Waals surface area contributed by atoms with Gasteiger partial charge in [-0.15, -0.1) is 0 Å². The maximum Gasteiger partial charge on any atom is 0.500 e. The highest BCUT2D eigenvalue weighted by atomic mass is 32.6. The Labute approximate surface area is 279 Å². The molecule has 0 fully saturated rings. The van der Waals surface area contributed by atoms with Gasteiger partial charge in [-0.1, -0.05) is 81.1 Å². The van der Waals surface area contributed by atoms with Gasteiger partial charge in [-0.3, -0.25) is 0 Å². The van der Waals surface area contributed by atoms with E-state index in [1.807, 2.05) is 0 Å². The molecule has 0 aromatic heterocycles. The van der Waals surface area contributed by atoms with Crippen LogP contribution < -0.4 is 0 Å². The first-order valence-corrected chi connectivity index (χ1v) is 27.7. The number of hydrogen-bond acceptors (Lipinski definition) is 8. The molecule has 0 radical (unpaired) electrons. The largest absolute Gasteiger partial charge is 0.500 e. The van der Waals surface area contributed by atoms with Crippen molar-refractivity contribution in [3.63, 3.8) is 0 Å². The van der Waals surface area contributed by atoms with E-state index in [-0.39, 0.29) is 0 Å². The normalized spacial score (nSPS) is 12.8. The number of hydrogen-bond donors (Lipinski definition) is 0. The molecule has 0 bridgehead atoms. The third-order valence-electron chi connectivity index (χ3n) is 6.96. The molecular formula is C32H72O6S2Si3. The van der Waals surface area contributed by atoms with Gasteiger partial charge < -0.3 is 26.6 Å². The second-order valence-electron chi connectivity index (χ2n) is 11.5. The molecule has 0 aromatic rings. The highest BCUT2D eigenvalue weighted by Gasteiger charge is 2.42. The standard InChI is InChI=1S/C32H72O6S2Si3/c1-9-17-29-41(30-18-10-2,39-27-19-31-42(33-21-11-3,34-22-12-4)35-23-13-5)40-28-20-32-43(36-24-14-6,37-25-15-7)38-26-16-8/h9-32H2,1-8H3. The Morgan fingerprint density at radius 2 is 0.628 bits per heavy atom. The van der Waals surface area contributed by atoms with Crippen LogP contribution in [0.2, 0.25) is 24.2 Å². The van der Waals surface area contributed by atoms with Crippen LogP contribution in [0, 0.1) is 0 Å². The summed E-state index contributed by atoms with van der Waals surface area (Å²) in [6.07, 6.45) is 11.9. The molecular weight excluding hydrogens is 629 g/mol. The lowest BCUT2D eigenvalue weighted by Crippen LogP contribution is -2.46. The zero-order valence-corrected chi connectivity index (χ0v) is 34.4. The second-order valence-corrected chi connectivity index (χ2v) is 28.4. The molecule has 0 unspecified atom stereocenters. The van der Waals surface area contributed by atoms with Crippen LogP contribution in [0.4, 0.5) is 0 Å². The second kappa shape index (κ2) is 29.3. The van der Waals surface area contributed by atoms with Gasteiger partial charge >= 0.3 is 17.6 Å². The molecule has 0 atom stereocenters. The van der Waals surface area contributed by atoms with Crippen molar-refractivity contribution in [2.45, 2.75) is 157 Å². The van der Waals surface area contributed by atoms with Crippen molar-refractivity contribution in [3.05, 3.63) is 0 Å². The third kappa shape index (κ3) is 20.9. The lowest BCUT2D eigenvalue weighted by molar-refractivity contribution is 0.0585. The Bertz CT molecular complexity index is 516. The maximum absolute atomic E-state index is 6.40. The number of rotatable bonds is 34.